The molecule has 0 aliphatic carbocycles. The van der Waals surface area contributed by atoms with Crippen LogP contribution in [0.15, 0.2) is 54.2 Å². The van der Waals surface area contributed by atoms with Crippen molar-refractivity contribution in [3.63, 3.8) is 0 Å². The minimum atomic E-state index is -4.13. The van der Waals surface area contributed by atoms with Crippen molar-refractivity contribution in [1.82, 2.24) is 8.96 Å². The molecule has 0 radical (unpaired) electrons. The first kappa shape index (κ1) is 18.9. The van der Waals surface area contributed by atoms with E-state index in [9.17, 15) is 5.11 Å². The zero-order valence-electron chi connectivity index (χ0n) is 17.5. The SMILES string of the molecule is CCc1c(C)c2n(c1C)[B-](F)(F)[N+]1=c3cc(O)ccc3=C(C)C1=C2c1ccccc1. The molecule has 3 heterocycles. The van der Waals surface area contributed by atoms with Gasteiger partial charge in [0.1, 0.15) is 5.75 Å². The van der Waals surface area contributed by atoms with Gasteiger partial charge in [-0.2, -0.15) is 0 Å². The molecule has 3 aromatic rings. The highest BCUT2D eigenvalue weighted by molar-refractivity contribution is 6.64. The maximum atomic E-state index is 16.2. The van der Waals surface area contributed by atoms with E-state index in [1.165, 1.54) is 10.5 Å². The molecule has 0 atom stereocenters. The summed E-state index contributed by atoms with van der Waals surface area (Å²) in [6.45, 7) is 3.51. The molecule has 0 fully saturated rings. The zero-order chi connectivity index (χ0) is 21.4. The summed E-state index contributed by atoms with van der Waals surface area (Å²) < 4.78 is 34.9. The fourth-order valence-corrected chi connectivity index (χ4v) is 5.33. The lowest BCUT2D eigenvalue weighted by Gasteiger charge is -2.33. The Morgan fingerprint density at radius 1 is 1.03 bits per heavy atom. The van der Waals surface area contributed by atoms with Gasteiger partial charge in [-0.15, -0.1) is 0 Å². The third-order valence-electron chi connectivity index (χ3n) is 6.60. The van der Waals surface area contributed by atoms with Gasteiger partial charge in [-0.3, -0.25) is 0 Å². The molecule has 0 spiro atoms. The number of fused-ring (bicyclic) bond motifs is 3. The van der Waals surface area contributed by atoms with E-state index >= 15 is 8.63 Å². The summed E-state index contributed by atoms with van der Waals surface area (Å²) in [5.41, 5.74) is 6.14. The third-order valence-corrected chi connectivity index (χ3v) is 6.60. The Morgan fingerprint density at radius 3 is 2.40 bits per heavy atom. The Morgan fingerprint density at radius 2 is 1.73 bits per heavy atom. The van der Waals surface area contributed by atoms with Crippen LogP contribution in [0.4, 0.5) is 8.63 Å². The number of phenolic OH excluding ortho intramolecular Hbond substituents is 1. The smallest absolute Gasteiger partial charge is 0.508 e. The molecule has 30 heavy (non-hydrogen) atoms. The monoisotopic (exact) mass is 404 g/mol. The molecule has 0 bridgehead atoms. The molecule has 0 saturated heterocycles. The van der Waals surface area contributed by atoms with Crippen LogP contribution in [-0.2, 0) is 6.42 Å². The van der Waals surface area contributed by atoms with Crippen LogP contribution in [0.25, 0.3) is 11.1 Å². The Kier molecular flexibility index (Phi) is 3.88. The number of phenols is 1. The van der Waals surface area contributed by atoms with E-state index < -0.39 is 6.97 Å². The Labute approximate surface area is 174 Å². The van der Waals surface area contributed by atoms with Crippen molar-refractivity contribution in [2.24, 2.45) is 0 Å². The van der Waals surface area contributed by atoms with Crippen LogP contribution in [0, 0.1) is 13.8 Å². The number of hydrogen-bond donors (Lipinski definition) is 1. The first-order valence-corrected chi connectivity index (χ1v) is 10.3. The van der Waals surface area contributed by atoms with Gasteiger partial charge in [0.25, 0.3) is 0 Å². The molecule has 2 aliphatic rings. The van der Waals surface area contributed by atoms with Gasteiger partial charge in [-0.05, 0) is 61.7 Å². The largest absolute Gasteiger partial charge is 0.737 e. The molecule has 6 heteroatoms. The maximum Gasteiger partial charge on any atom is 0.737 e. The van der Waals surface area contributed by atoms with Crippen molar-refractivity contribution in [3.05, 3.63) is 92.9 Å². The predicted molar refractivity (Wildman–Crippen MR) is 117 cm³/mol. The summed E-state index contributed by atoms with van der Waals surface area (Å²) >= 11 is 0. The van der Waals surface area contributed by atoms with E-state index in [1.807, 2.05) is 51.1 Å². The van der Waals surface area contributed by atoms with Crippen LogP contribution < -0.4 is 15.1 Å². The van der Waals surface area contributed by atoms with Gasteiger partial charge in [-0.1, -0.05) is 37.3 Å². The minimum Gasteiger partial charge on any atom is -0.508 e. The number of hydrogen-bond acceptors (Lipinski definition) is 1. The number of rotatable bonds is 2. The minimum absolute atomic E-state index is 0.0175. The summed E-state index contributed by atoms with van der Waals surface area (Å²) in [7, 11) is 0. The normalized spacial score (nSPS) is 16.6. The molecule has 1 N–H and O–H groups in total. The van der Waals surface area contributed by atoms with Crippen molar-refractivity contribution in [2.45, 2.75) is 34.1 Å². The van der Waals surface area contributed by atoms with E-state index in [0.717, 1.165) is 37.5 Å². The summed E-state index contributed by atoms with van der Waals surface area (Å²) in [4.78, 5) is 0. The van der Waals surface area contributed by atoms with E-state index in [2.05, 4.69) is 0 Å². The Bertz CT molecular complexity index is 1380. The lowest BCUT2D eigenvalue weighted by atomic mass is 9.83. The average molecular weight is 404 g/mol. The molecule has 152 valence electrons. The van der Waals surface area contributed by atoms with Crippen molar-refractivity contribution < 1.29 is 13.7 Å². The van der Waals surface area contributed by atoms with Gasteiger partial charge in [0, 0.05) is 17.3 Å². The second-order valence-electron chi connectivity index (χ2n) is 8.14. The van der Waals surface area contributed by atoms with Gasteiger partial charge < -0.3 is 22.7 Å². The molecule has 5 rings (SSSR count). The van der Waals surface area contributed by atoms with Crippen LogP contribution in [0.2, 0.25) is 0 Å². The molecule has 2 aromatic carbocycles. The number of aromatic nitrogens is 1. The van der Waals surface area contributed by atoms with E-state index in [4.69, 9.17) is 0 Å². The summed E-state index contributed by atoms with van der Waals surface area (Å²) in [5.74, 6) is -0.0175. The molecule has 0 saturated carbocycles. The van der Waals surface area contributed by atoms with Crippen molar-refractivity contribution in [3.8, 4) is 5.75 Å². The van der Waals surface area contributed by atoms with E-state index in [0.29, 0.717) is 28.9 Å². The number of halogens is 2. The van der Waals surface area contributed by atoms with Crippen LogP contribution in [-0.4, -0.2) is 16.6 Å². The fraction of sp³-hybridized carbons (Fsp3) is 0.208. The number of nitrogens with zero attached hydrogens (tertiary/aromatic N) is 2. The number of allylic oxidation sites excluding steroid dienone is 1. The van der Waals surface area contributed by atoms with Crippen LogP contribution in [0.1, 0.15) is 41.9 Å². The van der Waals surface area contributed by atoms with Gasteiger partial charge in [0.2, 0.25) is 0 Å². The molecule has 0 amide bonds. The quantitative estimate of drug-likeness (QED) is 0.648. The maximum absolute atomic E-state index is 16.2. The highest BCUT2D eigenvalue weighted by atomic mass is 19.2. The standard InChI is InChI=1S/C24H23BF2N2O/c1-5-19-14(2)23-22(17-9-7-6-8-10-17)24-15(3)20-12-11-18(30)13-21(20)29(24)25(26,27)28(23)16(19)4/h6-13,30H,5H2,1-4H3. The Balaban J connectivity index is 2.07. The third kappa shape index (κ3) is 2.22. The lowest BCUT2D eigenvalue weighted by molar-refractivity contribution is 0.472. The van der Waals surface area contributed by atoms with Crippen LogP contribution in [0.5, 0.6) is 5.75 Å². The highest BCUT2D eigenvalue weighted by Gasteiger charge is 2.55. The van der Waals surface area contributed by atoms with E-state index in [-0.39, 0.29) is 5.75 Å². The van der Waals surface area contributed by atoms with Gasteiger partial charge in [0.15, 0.2) is 11.1 Å². The average Bonchev–Trinajstić information content (AvgIpc) is 3.15. The van der Waals surface area contributed by atoms with Crippen molar-refractivity contribution in [1.29, 1.82) is 0 Å². The Hall–Kier alpha value is -3.15. The topological polar surface area (TPSA) is 28.2 Å². The lowest BCUT2D eigenvalue weighted by Crippen LogP contribution is -2.57. The summed E-state index contributed by atoms with van der Waals surface area (Å²) in [6.07, 6.45) is 0.696. The molecule has 1 aromatic heterocycles. The molecular formula is C24H23BF2N2O. The number of benzene rings is 2. The zero-order valence-corrected chi connectivity index (χ0v) is 17.5. The first-order chi connectivity index (χ1) is 14.3. The van der Waals surface area contributed by atoms with Gasteiger partial charge in [0.05, 0.1) is 10.8 Å². The van der Waals surface area contributed by atoms with Crippen molar-refractivity contribution >= 4 is 18.1 Å². The fourth-order valence-electron chi connectivity index (χ4n) is 5.33. The van der Waals surface area contributed by atoms with Crippen molar-refractivity contribution in [2.75, 3.05) is 0 Å². The second-order valence-corrected chi connectivity index (χ2v) is 8.14. The number of aromatic hydroxyl groups is 1. The molecule has 0 unspecified atom stereocenters. The summed E-state index contributed by atoms with van der Waals surface area (Å²) in [5, 5.41) is 11.2. The molecular weight excluding hydrogens is 381 g/mol. The van der Waals surface area contributed by atoms with Gasteiger partial charge in [-0.25, -0.2) is 0 Å². The summed E-state index contributed by atoms with van der Waals surface area (Å²) in [6, 6.07) is 14.5. The van der Waals surface area contributed by atoms with E-state index in [1.54, 1.807) is 19.1 Å². The second kappa shape index (κ2) is 6.18. The van der Waals surface area contributed by atoms with Crippen LogP contribution >= 0.6 is 0 Å². The first-order valence-electron chi connectivity index (χ1n) is 10.3. The van der Waals surface area contributed by atoms with Crippen LogP contribution in [0.3, 0.4) is 0 Å². The van der Waals surface area contributed by atoms with Gasteiger partial charge >= 0.3 is 6.97 Å². The molecule has 3 nitrogen and oxygen atoms in total. The molecule has 2 aliphatic heterocycles. The predicted octanol–water partition coefficient (Wildman–Crippen LogP) is 3.74. The highest BCUT2D eigenvalue weighted by Crippen LogP contribution is 2.43.